The summed E-state index contributed by atoms with van der Waals surface area (Å²) in [6.07, 6.45) is 1.52. The molecule has 0 atom stereocenters. The van der Waals surface area contributed by atoms with Crippen LogP contribution in [0.3, 0.4) is 0 Å². The normalized spacial score (nSPS) is 14.0. The van der Waals surface area contributed by atoms with Gasteiger partial charge < -0.3 is 10.1 Å². The van der Waals surface area contributed by atoms with Crippen LogP contribution in [-0.4, -0.2) is 30.4 Å². The van der Waals surface area contributed by atoms with Crippen molar-refractivity contribution >= 4 is 34.7 Å². The van der Waals surface area contributed by atoms with Gasteiger partial charge in [-0.05, 0) is 42.3 Å². The zero-order valence-corrected chi connectivity index (χ0v) is 15.8. The first kappa shape index (κ1) is 18.7. The fourth-order valence-corrected chi connectivity index (χ4v) is 3.05. The Morgan fingerprint density at radius 3 is 2.48 bits per heavy atom. The van der Waals surface area contributed by atoms with Gasteiger partial charge in [-0.2, -0.15) is 0 Å². The zero-order valence-electron chi connectivity index (χ0n) is 15.1. The number of methoxy groups -OCH3 is 1. The van der Waals surface area contributed by atoms with E-state index in [0.29, 0.717) is 27.6 Å². The predicted octanol–water partition coefficient (Wildman–Crippen LogP) is 4.04. The maximum Gasteiger partial charge on any atom is 0.278 e. The molecule has 1 N–H and O–H groups in total. The van der Waals surface area contributed by atoms with Crippen molar-refractivity contribution in [1.29, 1.82) is 0 Å². The van der Waals surface area contributed by atoms with E-state index >= 15 is 0 Å². The molecule has 1 aliphatic rings. The lowest BCUT2D eigenvalue weighted by molar-refractivity contribution is -0.136. The third-order valence-electron chi connectivity index (χ3n) is 4.32. The number of hydrogen-bond acceptors (Lipinski definition) is 4. The number of imide groups is 1. The molecule has 2 amide bonds. The summed E-state index contributed by atoms with van der Waals surface area (Å²) < 4.78 is 5.17. The van der Waals surface area contributed by atoms with Crippen LogP contribution in [0.5, 0.6) is 5.75 Å². The van der Waals surface area contributed by atoms with Crippen LogP contribution in [0.2, 0.25) is 5.02 Å². The molecule has 2 aromatic carbocycles. The van der Waals surface area contributed by atoms with Gasteiger partial charge in [0.25, 0.3) is 11.8 Å². The number of aryl methyl sites for hydroxylation is 1. The Morgan fingerprint density at radius 1 is 1.15 bits per heavy atom. The van der Waals surface area contributed by atoms with Crippen LogP contribution in [0, 0.1) is 6.92 Å². The molecule has 0 saturated carbocycles. The topological polar surface area (TPSA) is 58.6 Å². The third-order valence-corrected chi connectivity index (χ3v) is 4.55. The van der Waals surface area contributed by atoms with Gasteiger partial charge in [-0.3, -0.25) is 14.5 Å². The monoisotopic (exact) mass is 382 g/mol. The summed E-state index contributed by atoms with van der Waals surface area (Å²) in [6.45, 7) is 5.66. The van der Waals surface area contributed by atoms with Gasteiger partial charge in [-0.1, -0.05) is 35.9 Å². The minimum atomic E-state index is -0.398. The summed E-state index contributed by atoms with van der Waals surface area (Å²) in [5.41, 5.74) is 2.73. The molecule has 0 bridgehead atoms. The molecule has 138 valence electrons. The van der Waals surface area contributed by atoms with Crippen molar-refractivity contribution in [2.75, 3.05) is 19.0 Å². The van der Waals surface area contributed by atoms with Gasteiger partial charge in [0.15, 0.2) is 0 Å². The molecule has 6 heteroatoms. The van der Waals surface area contributed by atoms with E-state index in [2.05, 4.69) is 11.9 Å². The molecule has 0 unspecified atom stereocenters. The smallest absolute Gasteiger partial charge is 0.278 e. The first-order valence-corrected chi connectivity index (χ1v) is 8.73. The maximum absolute atomic E-state index is 12.9. The Kier molecular flexibility index (Phi) is 5.33. The summed E-state index contributed by atoms with van der Waals surface area (Å²) in [4.78, 5) is 27.0. The molecule has 0 spiro atoms. The van der Waals surface area contributed by atoms with E-state index in [9.17, 15) is 9.59 Å². The second kappa shape index (κ2) is 7.68. The second-order valence-electron chi connectivity index (χ2n) is 6.07. The minimum absolute atomic E-state index is 0.136. The SMILES string of the molecule is C=CCN1C(=O)C(Nc2cc(Cl)ccc2C)=C(c2ccc(OC)cc2)C1=O. The highest BCUT2D eigenvalue weighted by Crippen LogP contribution is 2.32. The van der Waals surface area contributed by atoms with E-state index in [4.69, 9.17) is 16.3 Å². The molecular weight excluding hydrogens is 364 g/mol. The molecule has 0 radical (unpaired) electrons. The number of rotatable bonds is 6. The molecule has 27 heavy (non-hydrogen) atoms. The number of nitrogens with zero attached hydrogens (tertiary/aromatic N) is 1. The highest BCUT2D eigenvalue weighted by molar-refractivity contribution is 6.36. The van der Waals surface area contributed by atoms with Crippen LogP contribution in [0.1, 0.15) is 11.1 Å². The Labute approximate surface area is 162 Å². The van der Waals surface area contributed by atoms with E-state index in [1.165, 1.54) is 6.08 Å². The van der Waals surface area contributed by atoms with Crippen molar-refractivity contribution in [2.45, 2.75) is 6.92 Å². The number of carbonyl (C=O) groups is 2. The van der Waals surface area contributed by atoms with E-state index in [1.54, 1.807) is 43.5 Å². The number of ether oxygens (including phenoxy) is 1. The molecule has 5 nitrogen and oxygen atoms in total. The first-order chi connectivity index (χ1) is 13.0. The summed E-state index contributed by atoms with van der Waals surface area (Å²) in [6, 6.07) is 12.3. The number of halogens is 1. The van der Waals surface area contributed by atoms with Gasteiger partial charge in [-0.15, -0.1) is 6.58 Å². The molecule has 0 aliphatic carbocycles. The summed E-state index contributed by atoms with van der Waals surface area (Å²) in [7, 11) is 1.57. The molecule has 2 aromatic rings. The molecule has 1 aliphatic heterocycles. The Balaban J connectivity index is 2.10. The number of carbonyl (C=O) groups excluding carboxylic acids is 2. The lowest BCUT2D eigenvalue weighted by Gasteiger charge is -2.13. The van der Waals surface area contributed by atoms with Crippen LogP contribution in [0.15, 0.2) is 60.8 Å². The number of amides is 2. The fraction of sp³-hybridized carbons (Fsp3) is 0.143. The molecule has 1 heterocycles. The van der Waals surface area contributed by atoms with Gasteiger partial charge in [0, 0.05) is 17.3 Å². The molecule has 0 fully saturated rings. The highest BCUT2D eigenvalue weighted by Gasteiger charge is 2.38. The van der Waals surface area contributed by atoms with Crippen molar-refractivity contribution in [3.63, 3.8) is 0 Å². The van der Waals surface area contributed by atoms with Gasteiger partial charge in [0.1, 0.15) is 11.4 Å². The van der Waals surface area contributed by atoms with E-state index in [1.807, 2.05) is 13.0 Å². The van der Waals surface area contributed by atoms with Gasteiger partial charge in [-0.25, -0.2) is 0 Å². The van der Waals surface area contributed by atoms with Crippen molar-refractivity contribution < 1.29 is 14.3 Å². The minimum Gasteiger partial charge on any atom is -0.497 e. The van der Waals surface area contributed by atoms with E-state index in [0.717, 1.165) is 10.5 Å². The summed E-state index contributed by atoms with van der Waals surface area (Å²) in [5, 5.41) is 3.65. The first-order valence-electron chi connectivity index (χ1n) is 8.35. The van der Waals surface area contributed by atoms with E-state index < -0.39 is 5.91 Å². The average molecular weight is 383 g/mol. The standard InChI is InChI=1S/C21H19ClN2O3/c1-4-11-24-20(25)18(14-6-9-16(27-3)10-7-14)19(21(24)26)23-17-12-15(22)8-5-13(17)2/h4-10,12,23H,1,11H2,2-3H3. The fourth-order valence-electron chi connectivity index (χ4n) is 2.88. The third kappa shape index (κ3) is 3.59. The Hall–Kier alpha value is -3.05. The Bertz CT molecular complexity index is 948. The maximum atomic E-state index is 12.9. The second-order valence-corrected chi connectivity index (χ2v) is 6.51. The van der Waals surface area contributed by atoms with Gasteiger partial charge >= 0.3 is 0 Å². The highest BCUT2D eigenvalue weighted by atomic mass is 35.5. The molecule has 0 aromatic heterocycles. The summed E-state index contributed by atoms with van der Waals surface area (Å²) >= 11 is 6.09. The van der Waals surface area contributed by atoms with E-state index in [-0.39, 0.29) is 18.1 Å². The van der Waals surface area contributed by atoms with Gasteiger partial charge in [0.2, 0.25) is 0 Å². The predicted molar refractivity (Wildman–Crippen MR) is 107 cm³/mol. The molecule has 3 rings (SSSR count). The summed E-state index contributed by atoms with van der Waals surface area (Å²) in [5.74, 6) is -0.100. The molecular formula is C21H19ClN2O3. The quantitative estimate of drug-likeness (QED) is 0.605. The lowest BCUT2D eigenvalue weighted by atomic mass is 10.0. The zero-order chi connectivity index (χ0) is 19.6. The lowest BCUT2D eigenvalue weighted by Crippen LogP contribution is -2.32. The number of hydrogen-bond donors (Lipinski definition) is 1. The van der Waals surface area contributed by atoms with Crippen LogP contribution >= 0.6 is 11.6 Å². The number of anilines is 1. The largest absolute Gasteiger partial charge is 0.497 e. The van der Waals surface area contributed by atoms with Crippen molar-refractivity contribution in [2.24, 2.45) is 0 Å². The van der Waals surface area contributed by atoms with Crippen LogP contribution in [-0.2, 0) is 9.59 Å². The van der Waals surface area contributed by atoms with Crippen molar-refractivity contribution in [3.05, 3.63) is 77.0 Å². The van der Waals surface area contributed by atoms with Gasteiger partial charge in [0.05, 0.1) is 12.7 Å². The van der Waals surface area contributed by atoms with Crippen molar-refractivity contribution in [3.8, 4) is 5.75 Å². The van der Waals surface area contributed by atoms with Crippen LogP contribution in [0.4, 0.5) is 5.69 Å². The Morgan fingerprint density at radius 2 is 1.85 bits per heavy atom. The van der Waals surface area contributed by atoms with Crippen molar-refractivity contribution in [1.82, 2.24) is 4.90 Å². The number of benzene rings is 2. The van der Waals surface area contributed by atoms with Crippen LogP contribution in [0.25, 0.3) is 5.57 Å². The molecule has 0 saturated heterocycles. The number of nitrogens with one attached hydrogen (secondary N) is 1. The van der Waals surface area contributed by atoms with Crippen LogP contribution < -0.4 is 10.1 Å². The average Bonchev–Trinajstić information content (AvgIpc) is 2.89.